The molecule has 0 unspecified atom stereocenters. The Bertz CT molecular complexity index is 1280. The van der Waals surface area contributed by atoms with Gasteiger partial charge in [0.25, 0.3) is 0 Å². The lowest BCUT2D eigenvalue weighted by Crippen LogP contribution is -2.11. The van der Waals surface area contributed by atoms with Crippen LogP contribution in [-0.4, -0.2) is 24.9 Å². The fourth-order valence-electron chi connectivity index (χ4n) is 2.73. The van der Waals surface area contributed by atoms with Crippen LogP contribution in [0.2, 0.25) is 10.0 Å². The SMILES string of the molecule is FC(F)(F)c1ccc(-c2nc(C(F)(F)F)c3[nH]c(-c4cc(Cl)ccc4Cl)nc3n2)cn1. The number of halogens is 8. The number of H-pyrrole nitrogens is 1. The molecule has 0 aliphatic carbocycles. The normalized spacial score (nSPS) is 12.5. The van der Waals surface area contributed by atoms with Crippen LogP contribution in [0.25, 0.3) is 33.9 Å². The molecule has 0 fully saturated rings. The van der Waals surface area contributed by atoms with Crippen molar-refractivity contribution >= 4 is 34.4 Å². The van der Waals surface area contributed by atoms with Crippen LogP contribution in [0.4, 0.5) is 26.3 Å². The molecule has 0 amide bonds. The molecule has 0 aliphatic rings. The van der Waals surface area contributed by atoms with Gasteiger partial charge in [-0.1, -0.05) is 23.2 Å². The molecule has 1 aromatic carbocycles. The van der Waals surface area contributed by atoms with E-state index in [1.807, 2.05) is 0 Å². The van der Waals surface area contributed by atoms with Crippen molar-refractivity contribution in [3.05, 3.63) is 58.0 Å². The van der Waals surface area contributed by atoms with E-state index in [0.717, 1.165) is 12.3 Å². The number of hydrogen-bond acceptors (Lipinski definition) is 4. The van der Waals surface area contributed by atoms with Crippen LogP contribution in [0, 0.1) is 0 Å². The van der Waals surface area contributed by atoms with Crippen molar-refractivity contribution in [2.45, 2.75) is 12.4 Å². The summed E-state index contributed by atoms with van der Waals surface area (Å²) in [6, 6.07) is 5.90. The van der Waals surface area contributed by atoms with Crippen molar-refractivity contribution in [1.82, 2.24) is 24.9 Å². The van der Waals surface area contributed by atoms with Gasteiger partial charge in [0.1, 0.15) is 17.0 Å². The molecule has 4 rings (SSSR count). The van der Waals surface area contributed by atoms with Gasteiger partial charge in [-0.2, -0.15) is 26.3 Å². The van der Waals surface area contributed by atoms with Crippen LogP contribution < -0.4 is 0 Å². The summed E-state index contributed by atoms with van der Waals surface area (Å²) in [7, 11) is 0. The third-order valence-electron chi connectivity index (χ3n) is 4.12. The maximum Gasteiger partial charge on any atom is 0.435 e. The van der Waals surface area contributed by atoms with Gasteiger partial charge in [0.15, 0.2) is 17.2 Å². The number of alkyl halides is 6. The number of aromatic amines is 1. The molecule has 0 saturated heterocycles. The zero-order valence-corrected chi connectivity index (χ0v) is 16.3. The molecule has 1 N–H and O–H groups in total. The van der Waals surface area contributed by atoms with E-state index in [4.69, 9.17) is 23.2 Å². The predicted octanol–water partition coefficient (Wildman–Crippen LogP) is 6.43. The second kappa shape index (κ2) is 7.34. The van der Waals surface area contributed by atoms with Gasteiger partial charge in [-0.15, -0.1) is 0 Å². The van der Waals surface area contributed by atoms with Crippen LogP contribution in [0.15, 0.2) is 36.5 Å². The highest BCUT2D eigenvalue weighted by Crippen LogP contribution is 2.36. The van der Waals surface area contributed by atoms with Gasteiger partial charge in [-0.25, -0.2) is 15.0 Å². The summed E-state index contributed by atoms with van der Waals surface area (Å²) in [4.78, 5) is 17.2. The van der Waals surface area contributed by atoms with Gasteiger partial charge >= 0.3 is 12.4 Å². The summed E-state index contributed by atoms with van der Waals surface area (Å²) in [6.07, 6.45) is -8.86. The molecule has 0 aliphatic heterocycles. The highest BCUT2D eigenvalue weighted by atomic mass is 35.5. The lowest BCUT2D eigenvalue weighted by Gasteiger charge is -2.09. The van der Waals surface area contributed by atoms with E-state index in [9.17, 15) is 26.3 Å². The Morgan fingerprint density at radius 1 is 0.839 bits per heavy atom. The van der Waals surface area contributed by atoms with Crippen molar-refractivity contribution < 1.29 is 26.3 Å². The monoisotopic (exact) mass is 477 g/mol. The number of nitrogens with one attached hydrogen (secondary N) is 1. The molecular weight excluding hydrogens is 471 g/mol. The second-order valence-corrected chi connectivity index (χ2v) is 7.08. The average Bonchev–Trinajstić information content (AvgIpc) is 3.11. The lowest BCUT2D eigenvalue weighted by atomic mass is 10.2. The van der Waals surface area contributed by atoms with E-state index in [-0.39, 0.29) is 32.6 Å². The predicted molar refractivity (Wildman–Crippen MR) is 100 cm³/mol. The van der Waals surface area contributed by atoms with Gasteiger partial charge in [0.05, 0.1) is 5.02 Å². The minimum atomic E-state index is -4.91. The number of benzene rings is 1. The minimum absolute atomic E-state index is 0.0370. The number of imidazole rings is 1. The van der Waals surface area contributed by atoms with E-state index >= 15 is 0 Å². The van der Waals surface area contributed by atoms with Crippen LogP contribution in [0.1, 0.15) is 11.4 Å². The van der Waals surface area contributed by atoms with Gasteiger partial charge in [-0.3, -0.25) is 4.98 Å². The molecule has 0 atom stereocenters. The van der Waals surface area contributed by atoms with E-state index < -0.39 is 35.1 Å². The first kappa shape index (κ1) is 21.3. The molecule has 0 saturated carbocycles. The van der Waals surface area contributed by atoms with Gasteiger partial charge in [0.2, 0.25) is 0 Å². The second-order valence-electron chi connectivity index (χ2n) is 6.23. The van der Waals surface area contributed by atoms with Crippen molar-refractivity contribution in [3.8, 4) is 22.8 Å². The Kier molecular flexibility index (Phi) is 5.05. The molecule has 31 heavy (non-hydrogen) atoms. The maximum absolute atomic E-state index is 13.6. The van der Waals surface area contributed by atoms with Gasteiger partial charge in [0, 0.05) is 22.3 Å². The molecule has 0 bridgehead atoms. The summed E-state index contributed by atoms with van der Waals surface area (Å²) in [6.45, 7) is 0. The summed E-state index contributed by atoms with van der Waals surface area (Å²) >= 11 is 12.0. The van der Waals surface area contributed by atoms with Crippen molar-refractivity contribution in [2.24, 2.45) is 0 Å². The standard InChI is InChI=1S/C18H7Cl2F6N5/c19-8-2-3-10(20)9(5-8)15-28-12-13(18(24,25)26)29-14(30-16(12)31-15)7-1-4-11(27-6-7)17(21,22)23/h1-6H,(H,28,29,30,31). The van der Waals surface area contributed by atoms with Gasteiger partial charge < -0.3 is 4.98 Å². The Hall–Kier alpha value is -2.92. The molecule has 4 aromatic rings. The Labute approximate surface area is 179 Å². The highest BCUT2D eigenvalue weighted by molar-refractivity contribution is 6.35. The number of aromatic nitrogens is 5. The summed E-state index contributed by atoms with van der Waals surface area (Å²) < 4.78 is 79.0. The first-order chi connectivity index (χ1) is 14.4. The fourth-order valence-corrected chi connectivity index (χ4v) is 3.11. The smallest absolute Gasteiger partial charge is 0.335 e. The summed E-state index contributed by atoms with van der Waals surface area (Å²) in [5.41, 5.74) is -3.33. The Morgan fingerprint density at radius 2 is 1.58 bits per heavy atom. The molecule has 0 spiro atoms. The molecule has 160 valence electrons. The molecule has 3 heterocycles. The minimum Gasteiger partial charge on any atom is -0.335 e. The number of fused-ring (bicyclic) bond motifs is 1. The topological polar surface area (TPSA) is 67.3 Å². The average molecular weight is 478 g/mol. The van der Waals surface area contributed by atoms with Crippen LogP contribution in [0.5, 0.6) is 0 Å². The zero-order chi connectivity index (χ0) is 22.6. The van der Waals surface area contributed by atoms with Gasteiger partial charge in [-0.05, 0) is 30.3 Å². The summed E-state index contributed by atoms with van der Waals surface area (Å²) in [5, 5.41) is 0.454. The first-order valence-corrected chi connectivity index (χ1v) is 9.03. The largest absolute Gasteiger partial charge is 0.435 e. The quantitative estimate of drug-likeness (QED) is 0.338. The van der Waals surface area contributed by atoms with E-state index in [2.05, 4.69) is 24.9 Å². The molecule has 3 aromatic heterocycles. The van der Waals surface area contributed by atoms with E-state index in [0.29, 0.717) is 6.07 Å². The number of pyridine rings is 1. The Morgan fingerprint density at radius 3 is 2.19 bits per heavy atom. The maximum atomic E-state index is 13.6. The highest BCUT2D eigenvalue weighted by Gasteiger charge is 2.37. The van der Waals surface area contributed by atoms with Crippen molar-refractivity contribution in [2.75, 3.05) is 0 Å². The van der Waals surface area contributed by atoms with E-state index in [1.165, 1.54) is 18.2 Å². The first-order valence-electron chi connectivity index (χ1n) is 8.27. The Balaban J connectivity index is 1.90. The van der Waals surface area contributed by atoms with Crippen LogP contribution in [-0.2, 0) is 12.4 Å². The van der Waals surface area contributed by atoms with Crippen LogP contribution >= 0.6 is 23.2 Å². The summed E-state index contributed by atoms with van der Waals surface area (Å²) in [5.74, 6) is -0.527. The molecular formula is C18H7Cl2F6N5. The number of rotatable bonds is 2. The molecule has 0 radical (unpaired) electrons. The number of hydrogen-bond donors (Lipinski definition) is 1. The van der Waals surface area contributed by atoms with Crippen molar-refractivity contribution in [3.63, 3.8) is 0 Å². The zero-order valence-electron chi connectivity index (χ0n) is 14.8. The molecule has 13 heteroatoms. The lowest BCUT2D eigenvalue weighted by molar-refractivity contribution is -0.141. The fraction of sp³-hybridized carbons (Fsp3) is 0.111. The van der Waals surface area contributed by atoms with E-state index in [1.54, 1.807) is 0 Å². The third-order valence-corrected chi connectivity index (χ3v) is 4.68. The molecule has 5 nitrogen and oxygen atoms in total. The number of nitrogens with zero attached hydrogens (tertiary/aromatic N) is 4. The van der Waals surface area contributed by atoms with Crippen LogP contribution in [0.3, 0.4) is 0 Å². The third kappa shape index (κ3) is 4.15. The van der Waals surface area contributed by atoms with Crippen molar-refractivity contribution in [1.29, 1.82) is 0 Å².